The molecule has 0 aromatic carbocycles. The molecule has 1 aliphatic rings. The van der Waals surface area contributed by atoms with Crippen molar-refractivity contribution in [3.05, 3.63) is 24.2 Å². The van der Waals surface area contributed by atoms with Gasteiger partial charge in [0.1, 0.15) is 5.76 Å². The summed E-state index contributed by atoms with van der Waals surface area (Å²) in [5.41, 5.74) is 0. The molecule has 0 amide bonds. The molecule has 90 valence electrons. The Morgan fingerprint density at radius 2 is 2.38 bits per heavy atom. The van der Waals surface area contributed by atoms with Crippen molar-refractivity contribution in [2.75, 3.05) is 13.7 Å². The monoisotopic (exact) mass is 223 g/mol. The molecular weight excluding hydrogens is 202 g/mol. The average molecular weight is 223 g/mol. The Morgan fingerprint density at radius 3 is 2.94 bits per heavy atom. The SMILES string of the molecule is CCOC1CC(CC(NC)c2ccco2)C1. The van der Waals surface area contributed by atoms with Crippen LogP contribution in [0.25, 0.3) is 0 Å². The van der Waals surface area contributed by atoms with E-state index < -0.39 is 0 Å². The van der Waals surface area contributed by atoms with E-state index in [-0.39, 0.29) is 0 Å². The van der Waals surface area contributed by atoms with Crippen LogP contribution in [0.3, 0.4) is 0 Å². The average Bonchev–Trinajstić information content (AvgIpc) is 2.74. The number of nitrogens with one attached hydrogen (secondary N) is 1. The molecule has 1 fully saturated rings. The Kier molecular flexibility index (Phi) is 4.02. The predicted octanol–water partition coefficient (Wildman–Crippen LogP) is 2.75. The van der Waals surface area contributed by atoms with Crippen LogP contribution in [0, 0.1) is 5.92 Å². The lowest BCUT2D eigenvalue weighted by Crippen LogP contribution is -2.34. The molecule has 3 heteroatoms. The minimum Gasteiger partial charge on any atom is -0.468 e. The van der Waals surface area contributed by atoms with E-state index in [9.17, 15) is 0 Å². The second-order valence-electron chi connectivity index (χ2n) is 4.51. The summed E-state index contributed by atoms with van der Waals surface area (Å²) < 4.78 is 11.0. The summed E-state index contributed by atoms with van der Waals surface area (Å²) in [6.45, 7) is 2.90. The van der Waals surface area contributed by atoms with Crippen LogP contribution in [-0.2, 0) is 4.74 Å². The topological polar surface area (TPSA) is 34.4 Å². The first-order chi connectivity index (χ1) is 7.83. The summed E-state index contributed by atoms with van der Waals surface area (Å²) in [6.07, 6.45) is 5.79. The van der Waals surface area contributed by atoms with Gasteiger partial charge < -0.3 is 14.5 Å². The molecule has 0 aliphatic heterocycles. The van der Waals surface area contributed by atoms with Crippen molar-refractivity contribution in [1.29, 1.82) is 0 Å². The highest BCUT2D eigenvalue weighted by atomic mass is 16.5. The highest BCUT2D eigenvalue weighted by Gasteiger charge is 2.31. The normalized spacial score (nSPS) is 26.4. The van der Waals surface area contributed by atoms with Crippen molar-refractivity contribution in [2.45, 2.75) is 38.3 Å². The fraction of sp³-hybridized carbons (Fsp3) is 0.692. The third-order valence-electron chi connectivity index (χ3n) is 3.40. The highest BCUT2D eigenvalue weighted by Crippen LogP contribution is 2.36. The molecule has 1 saturated carbocycles. The Morgan fingerprint density at radius 1 is 1.56 bits per heavy atom. The van der Waals surface area contributed by atoms with Crippen LogP contribution in [0.4, 0.5) is 0 Å². The van der Waals surface area contributed by atoms with E-state index in [2.05, 4.69) is 12.2 Å². The summed E-state index contributed by atoms with van der Waals surface area (Å²) in [7, 11) is 1.99. The van der Waals surface area contributed by atoms with Crippen molar-refractivity contribution < 1.29 is 9.15 Å². The summed E-state index contributed by atoms with van der Waals surface area (Å²) in [5, 5.41) is 3.32. The van der Waals surface area contributed by atoms with Crippen LogP contribution in [0.2, 0.25) is 0 Å². The van der Waals surface area contributed by atoms with Crippen LogP contribution < -0.4 is 5.32 Å². The van der Waals surface area contributed by atoms with E-state index in [0.717, 1.165) is 24.7 Å². The van der Waals surface area contributed by atoms with Crippen LogP contribution >= 0.6 is 0 Å². The van der Waals surface area contributed by atoms with Gasteiger partial charge in [-0.3, -0.25) is 0 Å². The maximum absolute atomic E-state index is 5.57. The molecule has 1 atom stereocenters. The van der Waals surface area contributed by atoms with Crippen molar-refractivity contribution >= 4 is 0 Å². The maximum atomic E-state index is 5.57. The van der Waals surface area contributed by atoms with Gasteiger partial charge in [0.05, 0.1) is 18.4 Å². The van der Waals surface area contributed by atoms with Gasteiger partial charge in [-0.15, -0.1) is 0 Å². The highest BCUT2D eigenvalue weighted by molar-refractivity contribution is 5.05. The van der Waals surface area contributed by atoms with E-state index in [0.29, 0.717) is 12.1 Å². The fourth-order valence-electron chi connectivity index (χ4n) is 2.44. The minimum absolute atomic E-state index is 0.350. The Hall–Kier alpha value is -0.800. The van der Waals surface area contributed by atoms with Gasteiger partial charge in [0.2, 0.25) is 0 Å². The van der Waals surface area contributed by atoms with E-state index in [1.165, 1.54) is 12.8 Å². The summed E-state index contributed by atoms with van der Waals surface area (Å²) >= 11 is 0. The van der Waals surface area contributed by atoms with Gasteiger partial charge in [0, 0.05) is 6.61 Å². The van der Waals surface area contributed by atoms with Gasteiger partial charge in [0.15, 0.2) is 0 Å². The zero-order valence-electron chi connectivity index (χ0n) is 10.1. The molecule has 0 radical (unpaired) electrons. The van der Waals surface area contributed by atoms with Gasteiger partial charge in [-0.1, -0.05) is 0 Å². The lowest BCUT2D eigenvalue weighted by atomic mass is 9.78. The van der Waals surface area contributed by atoms with E-state index in [1.54, 1.807) is 6.26 Å². The third-order valence-corrected chi connectivity index (χ3v) is 3.40. The Bertz CT molecular complexity index is 291. The number of ether oxygens (including phenoxy) is 1. The number of rotatable bonds is 6. The van der Waals surface area contributed by atoms with Gasteiger partial charge in [-0.25, -0.2) is 0 Å². The van der Waals surface area contributed by atoms with Crippen LogP contribution in [-0.4, -0.2) is 19.8 Å². The quantitative estimate of drug-likeness (QED) is 0.805. The zero-order valence-corrected chi connectivity index (χ0v) is 10.1. The van der Waals surface area contributed by atoms with Crippen molar-refractivity contribution in [2.24, 2.45) is 5.92 Å². The Balaban J connectivity index is 1.77. The Labute approximate surface area is 97.2 Å². The van der Waals surface area contributed by atoms with Crippen LogP contribution in [0.5, 0.6) is 0 Å². The molecule has 3 nitrogen and oxygen atoms in total. The molecule has 1 N–H and O–H groups in total. The van der Waals surface area contributed by atoms with Gasteiger partial charge in [-0.2, -0.15) is 0 Å². The largest absolute Gasteiger partial charge is 0.468 e. The van der Waals surface area contributed by atoms with Crippen LogP contribution in [0.1, 0.15) is 38.0 Å². The van der Waals surface area contributed by atoms with E-state index in [1.807, 2.05) is 19.2 Å². The molecule has 16 heavy (non-hydrogen) atoms. The predicted molar refractivity (Wildman–Crippen MR) is 63.3 cm³/mol. The molecule has 1 aliphatic carbocycles. The lowest BCUT2D eigenvalue weighted by Gasteiger charge is -2.36. The fourth-order valence-corrected chi connectivity index (χ4v) is 2.44. The molecular formula is C13H21NO2. The van der Waals surface area contributed by atoms with Crippen molar-refractivity contribution in [3.8, 4) is 0 Å². The summed E-state index contributed by atoms with van der Waals surface area (Å²) in [4.78, 5) is 0. The smallest absolute Gasteiger partial charge is 0.120 e. The van der Waals surface area contributed by atoms with Crippen molar-refractivity contribution in [1.82, 2.24) is 5.32 Å². The second-order valence-corrected chi connectivity index (χ2v) is 4.51. The molecule has 0 bridgehead atoms. The molecule has 2 rings (SSSR count). The zero-order chi connectivity index (χ0) is 11.4. The first-order valence-corrected chi connectivity index (χ1v) is 6.15. The number of furan rings is 1. The summed E-state index contributed by atoms with van der Waals surface area (Å²) in [6, 6.07) is 4.34. The molecule has 0 spiro atoms. The maximum Gasteiger partial charge on any atom is 0.120 e. The van der Waals surface area contributed by atoms with Gasteiger partial charge >= 0.3 is 0 Å². The third kappa shape index (κ3) is 2.66. The minimum atomic E-state index is 0.350. The molecule has 1 unspecified atom stereocenters. The summed E-state index contributed by atoms with van der Waals surface area (Å²) in [5.74, 6) is 1.82. The molecule has 1 aromatic heterocycles. The van der Waals surface area contributed by atoms with Gasteiger partial charge in [-0.05, 0) is 51.3 Å². The molecule has 1 heterocycles. The lowest BCUT2D eigenvalue weighted by molar-refractivity contribution is -0.0294. The number of hydrogen-bond acceptors (Lipinski definition) is 3. The second kappa shape index (κ2) is 5.51. The number of hydrogen-bond donors (Lipinski definition) is 1. The molecule has 1 aromatic rings. The van der Waals surface area contributed by atoms with Crippen molar-refractivity contribution in [3.63, 3.8) is 0 Å². The van der Waals surface area contributed by atoms with E-state index >= 15 is 0 Å². The first kappa shape index (κ1) is 11.7. The van der Waals surface area contributed by atoms with E-state index in [4.69, 9.17) is 9.15 Å². The van der Waals surface area contributed by atoms with Gasteiger partial charge in [0.25, 0.3) is 0 Å². The van der Waals surface area contributed by atoms with Crippen LogP contribution in [0.15, 0.2) is 22.8 Å². The molecule has 0 saturated heterocycles. The first-order valence-electron chi connectivity index (χ1n) is 6.15. The standard InChI is InChI=1S/C13H21NO2/c1-3-15-11-7-10(8-11)9-12(14-2)13-5-4-6-16-13/h4-6,10-12,14H,3,7-9H2,1-2H3.